The van der Waals surface area contributed by atoms with Gasteiger partial charge >= 0.3 is 5.97 Å². The number of hydrogen-bond donors (Lipinski definition) is 0. The lowest BCUT2D eigenvalue weighted by Crippen LogP contribution is -2.04. The Labute approximate surface area is 184 Å². The van der Waals surface area contributed by atoms with Gasteiger partial charge in [-0.25, -0.2) is 4.79 Å². The van der Waals surface area contributed by atoms with Crippen molar-refractivity contribution in [1.82, 2.24) is 0 Å². The quantitative estimate of drug-likeness (QED) is 0.230. The van der Waals surface area contributed by atoms with Crippen molar-refractivity contribution in [1.29, 1.82) is 0 Å². The zero-order valence-electron chi connectivity index (χ0n) is 18.2. The second-order valence-electron chi connectivity index (χ2n) is 7.59. The Bertz CT molecular complexity index is 1010. The molecule has 0 spiro atoms. The summed E-state index contributed by atoms with van der Waals surface area (Å²) in [6.07, 6.45) is 4.07. The monoisotopic (exact) mass is 416 g/mol. The SMILES string of the molecule is COc1cc(/C=C/C(=O)Oc2ccc(-c3ccccc3)cc2)ccc1OCCC(C)C. The second kappa shape index (κ2) is 11.0. The van der Waals surface area contributed by atoms with E-state index in [1.54, 1.807) is 25.3 Å². The Morgan fingerprint density at radius 1 is 0.903 bits per heavy atom. The molecule has 0 heterocycles. The molecule has 0 aliphatic heterocycles. The van der Waals surface area contributed by atoms with E-state index in [0.29, 0.717) is 29.8 Å². The number of hydrogen-bond acceptors (Lipinski definition) is 4. The van der Waals surface area contributed by atoms with Crippen LogP contribution < -0.4 is 14.2 Å². The van der Waals surface area contributed by atoms with Crippen LogP contribution in [-0.4, -0.2) is 19.7 Å². The minimum atomic E-state index is -0.441. The van der Waals surface area contributed by atoms with Gasteiger partial charge in [-0.2, -0.15) is 0 Å². The number of carbonyl (C=O) groups is 1. The molecule has 0 saturated carbocycles. The fourth-order valence-electron chi connectivity index (χ4n) is 2.97. The van der Waals surface area contributed by atoms with Crippen molar-refractivity contribution in [2.24, 2.45) is 5.92 Å². The largest absolute Gasteiger partial charge is 0.493 e. The summed E-state index contributed by atoms with van der Waals surface area (Å²) in [6.45, 7) is 4.95. The van der Waals surface area contributed by atoms with E-state index in [-0.39, 0.29) is 0 Å². The van der Waals surface area contributed by atoms with Gasteiger partial charge in [0.05, 0.1) is 13.7 Å². The Balaban J connectivity index is 1.59. The molecule has 0 aliphatic carbocycles. The van der Waals surface area contributed by atoms with Crippen LogP contribution in [-0.2, 0) is 4.79 Å². The van der Waals surface area contributed by atoms with Gasteiger partial charge in [0.25, 0.3) is 0 Å². The number of ether oxygens (including phenoxy) is 3. The van der Waals surface area contributed by atoms with Crippen LogP contribution in [0.15, 0.2) is 78.9 Å². The van der Waals surface area contributed by atoms with E-state index in [2.05, 4.69) is 13.8 Å². The van der Waals surface area contributed by atoms with Gasteiger partial charge in [0.2, 0.25) is 0 Å². The molecule has 0 fully saturated rings. The Morgan fingerprint density at radius 2 is 1.61 bits per heavy atom. The lowest BCUT2D eigenvalue weighted by atomic mass is 10.1. The molecule has 3 aromatic carbocycles. The van der Waals surface area contributed by atoms with Crippen LogP contribution in [0, 0.1) is 5.92 Å². The van der Waals surface area contributed by atoms with Crippen molar-refractivity contribution < 1.29 is 19.0 Å². The lowest BCUT2D eigenvalue weighted by Gasteiger charge is -2.12. The lowest BCUT2D eigenvalue weighted by molar-refractivity contribution is -0.128. The molecular weight excluding hydrogens is 388 g/mol. The summed E-state index contributed by atoms with van der Waals surface area (Å²) >= 11 is 0. The first-order valence-electron chi connectivity index (χ1n) is 10.4. The first-order valence-corrected chi connectivity index (χ1v) is 10.4. The summed E-state index contributed by atoms with van der Waals surface area (Å²) in [5.41, 5.74) is 3.01. The molecule has 0 amide bonds. The highest BCUT2D eigenvalue weighted by Crippen LogP contribution is 2.29. The molecule has 0 radical (unpaired) electrons. The van der Waals surface area contributed by atoms with Gasteiger partial charge in [0.1, 0.15) is 5.75 Å². The highest BCUT2D eigenvalue weighted by atomic mass is 16.5. The van der Waals surface area contributed by atoms with Crippen LogP contribution in [0.5, 0.6) is 17.2 Å². The zero-order valence-corrected chi connectivity index (χ0v) is 18.2. The summed E-state index contributed by atoms with van der Waals surface area (Å²) < 4.78 is 16.6. The molecule has 3 aromatic rings. The van der Waals surface area contributed by atoms with Crippen molar-refractivity contribution >= 4 is 12.0 Å². The Morgan fingerprint density at radius 3 is 2.29 bits per heavy atom. The number of carbonyl (C=O) groups excluding carboxylic acids is 1. The highest BCUT2D eigenvalue weighted by Gasteiger charge is 2.07. The van der Waals surface area contributed by atoms with Crippen molar-refractivity contribution in [2.75, 3.05) is 13.7 Å². The normalized spacial score (nSPS) is 11.0. The minimum Gasteiger partial charge on any atom is -0.493 e. The standard InChI is InChI=1S/C27H28O4/c1-20(2)17-18-30-25-15-9-21(19-26(25)29-3)10-16-27(28)31-24-13-11-23(12-14-24)22-7-5-4-6-8-22/h4-16,19-20H,17-18H2,1-3H3/b16-10+. The molecule has 31 heavy (non-hydrogen) atoms. The predicted octanol–water partition coefficient (Wildman–Crippen LogP) is 6.41. The molecule has 0 saturated heterocycles. The third kappa shape index (κ3) is 6.75. The Kier molecular flexibility index (Phi) is 7.88. The number of methoxy groups -OCH3 is 1. The molecule has 3 rings (SSSR count). The molecule has 160 valence electrons. The molecule has 0 aromatic heterocycles. The first kappa shape index (κ1) is 22.2. The summed E-state index contributed by atoms with van der Waals surface area (Å²) in [6, 6.07) is 23.1. The van der Waals surface area contributed by atoms with Crippen LogP contribution >= 0.6 is 0 Å². The van der Waals surface area contributed by atoms with Gasteiger partial charge in [-0.1, -0.05) is 62.4 Å². The van der Waals surface area contributed by atoms with Crippen LogP contribution in [0.25, 0.3) is 17.2 Å². The summed E-state index contributed by atoms with van der Waals surface area (Å²) in [5, 5.41) is 0. The van der Waals surface area contributed by atoms with Gasteiger partial charge < -0.3 is 14.2 Å². The average Bonchev–Trinajstić information content (AvgIpc) is 2.79. The van der Waals surface area contributed by atoms with E-state index < -0.39 is 5.97 Å². The molecule has 4 heteroatoms. The number of rotatable bonds is 9. The maximum Gasteiger partial charge on any atom is 0.336 e. The highest BCUT2D eigenvalue weighted by molar-refractivity contribution is 5.89. The van der Waals surface area contributed by atoms with E-state index >= 15 is 0 Å². The fourth-order valence-corrected chi connectivity index (χ4v) is 2.97. The molecule has 4 nitrogen and oxygen atoms in total. The van der Waals surface area contributed by atoms with Crippen molar-refractivity contribution in [3.05, 3.63) is 84.4 Å². The van der Waals surface area contributed by atoms with Crippen LogP contribution in [0.1, 0.15) is 25.8 Å². The predicted molar refractivity (Wildman–Crippen MR) is 124 cm³/mol. The van der Waals surface area contributed by atoms with Crippen molar-refractivity contribution in [3.63, 3.8) is 0 Å². The number of esters is 1. The zero-order chi connectivity index (χ0) is 22.1. The average molecular weight is 417 g/mol. The Hall–Kier alpha value is -3.53. The summed E-state index contributed by atoms with van der Waals surface area (Å²) in [4.78, 5) is 12.2. The summed E-state index contributed by atoms with van der Waals surface area (Å²) in [7, 11) is 1.60. The smallest absolute Gasteiger partial charge is 0.336 e. The molecular formula is C27H28O4. The molecule has 0 unspecified atom stereocenters. The molecule has 0 N–H and O–H groups in total. The second-order valence-corrected chi connectivity index (χ2v) is 7.59. The van der Waals surface area contributed by atoms with Gasteiger partial charge in [-0.3, -0.25) is 0 Å². The van der Waals surface area contributed by atoms with Crippen LogP contribution in [0.2, 0.25) is 0 Å². The molecule has 0 bridgehead atoms. The van der Waals surface area contributed by atoms with Crippen LogP contribution in [0.4, 0.5) is 0 Å². The maximum absolute atomic E-state index is 12.2. The van der Waals surface area contributed by atoms with E-state index in [9.17, 15) is 4.79 Å². The minimum absolute atomic E-state index is 0.441. The summed E-state index contributed by atoms with van der Waals surface area (Å²) in [5.74, 6) is 1.97. The first-order chi connectivity index (χ1) is 15.0. The maximum atomic E-state index is 12.2. The number of benzene rings is 3. The van der Waals surface area contributed by atoms with Gasteiger partial charge in [0.15, 0.2) is 11.5 Å². The van der Waals surface area contributed by atoms with E-state index in [1.165, 1.54) is 6.08 Å². The third-order valence-electron chi connectivity index (χ3n) is 4.73. The van der Waals surface area contributed by atoms with E-state index in [1.807, 2.05) is 60.7 Å². The molecule has 0 atom stereocenters. The molecule has 0 aliphatic rings. The fraction of sp³-hybridized carbons (Fsp3) is 0.222. The van der Waals surface area contributed by atoms with Crippen molar-refractivity contribution in [3.8, 4) is 28.4 Å². The third-order valence-corrected chi connectivity index (χ3v) is 4.73. The van der Waals surface area contributed by atoms with E-state index in [0.717, 1.165) is 23.1 Å². The van der Waals surface area contributed by atoms with E-state index in [4.69, 9.17) is 14.2 Å². The van der Waals surface area contributed by atoms with Crippen molar-refractivity contribution in [2.45, 2.75) is 20.3 Å². The van der Waals surface area contributed by atoms with Crippen LogP contribution in [0.3, 0.4) is 0 Å². The van der Waals surface area contributed by atoms with Gasteiger partial charge in [-0.05, 0) is 59.4 Å². The van der Waals surface area contributed by atoms with Gasteiger partial charge in [0, 0.05) is 6.08 Å². The van der Waals surface area contributed by atoms with Gasteiger partial charge in [-0.15, -0.1) is 0 Å². The topological polar surface area (TPSA) is 44.8 Å².